The first-order valence-electron chi connectivity index (χ1n) is 13.7. The largest absolute Gasteiger partial charge is 0.464 e. The van der Waals surface area contributed by atoms with Gasteiger partial charge >= 0.3 is 0 Å². The highest BCUT2D eigenvalue weighted by Gasteiger charge is 2.17. The van der Waals surface area contributed by atoms with Crippen LogP contribution in [0.1, 0.15) is 67.4 Å². The first kappa shape index (κ1) is 30.5. The van der Waals surface area contributed by atoms with Crippen LogP contribution in [0.25, 0.3) is 21.9 Å². The molecule has 0 atom stereocenters. The summed E-state index contributed by atoms with van der Waals surface area (Å²) in [5.74, 6) is -0.622. The van der Waals surface area contributed by atoms with E-state index < -0.39 is 0 Å². The molecule has 0 aliphatic carbocycles. The first-order chi connectivity index (χ1) is 21.3. The lowest BCUT2D eigenvalue weighted by atomic mass is 10.0. The molecule has 6 aromatic rings. The quantitative estimate of drug-likeness (QED) is 0.152. The molecule has 4 aromatic heterocycles. The number of pyridine rings is 2. The van der Waals surface area contributed by atoms with Crippen LogP contribution in [-0.4, -0.2) is 38.1 Å². The molecule has 0 unspecified atom stereocenters. The molecule has 44 heavy (non-hydrogen) atoms. The highest BCUT2D eigenvalue weighted by molar-refractivity contribution is 6.34. The Morgan fingerprint density at radius 3 is 1.95 bits per heavy atom. The standard InChI is InChI=1S/C17H13ClN2O2.C17H12ClNO3/c18-13-5-3-9-19-17(13)16(22)8-7-15(21)12-10-20-14-6-2-1-4-11(12)14;18-13-2-1-8-19-17(13)15(21)5-4-14(20)11-3-6-16-12(10-11)7-9-22-16/h1-6,9-10,20H,7-8H2;1-3,6-10H,4-5H2. The zero-order valence-corrected chi connectivity index (χ0v) is 24.8. The molecule has 220 valence electrons. The summed E-state index contributed by atoms with van der Waals surface area (Å²) in [5, 5.41) is 2.35. The Hall–Kier alpha value is -4.92. The summed E-state index contributed by atoms with van der Waals surface area (Å²) >= 11 is 11.9. The molecule has 6 rings (SSSR count). The second-order valence-corrected chi connectivity index (χ2v) is 10.6. The maximum absolute atomic E-state index is 12.3. The van der Waals surface area contributed by atoms with Gasteiger partial charge in [-0.2, -0.15) is 0 Å². The third-order valence-electron chi connectivity index (χ3n) is 6.87. The van der Waals surface area contributed by atoms with Gasteiger partial charge < -0.3 is 9.40 Å². The van der Waals surface area contributed by atoms with Gasteiger partial charge in [-0.1, -0.05) is 41.4 Å². The van der Waals surface area contributed by atoms with E-state index in [9.17, 15) is 19.2 Å². The van der Waals surface area contributed by atoms with Gasteiger partial charge in [0.05, 0.1) is 16.3 Å². The van der Waals surface area contributed by atoms with Gasteiger partial charge in [-0.25, -0.2) is 0 Å². The van der Waals surface area contributed by atoms with Gasteiger partial charge in [-0.15, -0.1) is 0 Å². The second kappa shape index (κ2) is 14.0. The topological polar surface area (TPSA) is 123 Å². The summed E-state index contributed by atoms with van der Waals surface area (Å²) in [7, 11) is 0. The van der Waals surface area contributed by atoms with Crippen LogP contribution >= 0.6 is 23.2 Å². The number of benzene rings is 2. The molecule has 0 bridgehead atoms. The van der Waals surface area contributed by atoms with E-state index in [2.05, 4.69) is 15.0 Å². The third kappa shape index (κ3) is 7.16. The number of para-hydroxylation sites is 1. The maximum atomic E-state index is 12.3. The smallest absolute Gasteiger partial charge is 0.183 e. The molecule has 0 radical (unpaired) electrons. The Kier molecular flexibility index (Phi) is 9.74. The molecule has 0 saturated heterocycles. The fraction of sp³-hybridized carbons (Fsp3) is 0.118. The van der Waals surface area contributed by atoms with E-state index >= 15 is 0 Å². The molecule has 2 aromatic carbocycles. The average molecular weight is 626 g/mol. The van der Waals surface area contributed by atoms with E-state index in [-0.39, 0.29) is 60.2 Å². The number of rotatable bonds is 10. The predicted molar refractivity (Wildman–Crippen MR) is 169 cm³/mol. The highest BCUT2D eigenvalue weighted by Crippen LogP contribution is 2.22. The van der Waals surface area contributed by atoms with Gasteiger partial charge in [-0.05, 0) is 54.6 Å². The summed E-state index contributed by atoms with van der Waals surface area (Å²) in [6.45, 7) is 0. The van der Waals surface area contributed by atoms with E-state index in [4.69, 9.17) is 27.6 Å². The van der Waals surface area contributed by atoms with Crippen molar-refractivity contribution in [1.29, 1.82) is 0 Å². The van der Waals surface area contributed by atoms with Crippen molar-refractivity contribution in [3.8, 4) is 0 Å². The second-order valence-electron chi connectivity index (χ2n) is 9.78. The number of halogens is 2. The van der Waals surface area contributed by atoms with Crippen molar-refractivity contribution in [3.05, 3.63) is 130 Å². The summed E-state index contributed by atoms with van der Waals surface area (Å²) in [6, 6.07) is 21.1. The van der Waals surface area contributed by atoms with E-state index in [0.29, 0.717) is 21.2 Å². The molecule has 0 amide bonds. The number of H-pyrrole nitrogens is 1. The fourth-order valence-electron chi connectivity index (χ4n) is 4.59. The molecule has 4 heterocycles. The van der Waals surface area contributed by atoms with E-state index in [1.165, 1.54) is 12.4 Å². The number of carbonyl (C=O) groups is 4. The van der Waals surface area contributed by atoms with E-state index in [1.807, 2.05) is 24.3 Å². The van der Waals surface area contributed by atoms with Crippen molar-refractivity contribution in [2.75, 3.05) is 0 Å². The van der Waals surface area contributed by atoms with Gasteiger partial charge in [0.1, 0.15) is 17.0 Å². The van der Waals surface area contributed by atoms with Crippen LogP contribution in [0.5, 0.6) is 0 Å². The Bertz CT molecular complexity index is 2000. The number of aromatic amines is 1. The van der Waals surface area contributed by atoms with Gasteiger partial charge in [0.2, 0.25) is 0 Å². The van der Waals surface area contributed by atoms with Crippen molar-refractivity contribution < 1.29 is 23.6 Å². The van der Waals surface area contributed by atoms with E-state index in [1.54, 1.807) is 61.0 Å². The number of nitrogens with zero attached hydrogens (tertiary/aromatic N) is 2. The summed E-state index contributed by atoms with van der Waals surface area (Å²) in [5.41, 5.74) is 3.24. The molecule has 0 spiro atoms. The molecule has 8 nitrogen and oxygen atoms in total. The normalized spacial score (nSPS) is 10.8. The lowest BCUT2D eigenvalue weighted by Crippen LogP contribution is -2.07. The number of nitrogens with one attached hydrogen (secondary N) is 1. The van der Waals surface area contributed by atoms with Gasteiger partial charge in [-0.3, -0.25) is 29.1 Å². The van der Waals surface area contributed by atoms with Crippen LogP contribution in [-0.2, 0) is 0 Å². The number of furan rings is 1. The van der Waals surface area contributed by atoms with Crippen molar-refractivity contribution in [1.82, 2.24) is 15.0 Å². The lowest BCUT2D eigenvalue weighted by Gasteiger charge is -2.03. The Morgan fingerprint density at radius 2 is 1.30 bits per heavy atom. The fourth-order valence-corrected chi connectivity index (χ4v) is 5.05. The molecule has 0 aliphatic rings. The van der Waals surface area contributed by atoms with Gasteiger partial charge in [0, 0.05) is 71.7 Å². The number of fused-ring (bicyclic) bond motifs is 2. The molecule has 0 fully saturated rings. The molecule has 0 saturated carbocycles. The molecule has 0 aliphatic heterocycles. The SMILES string of the molecule is O=C(CCC(=O)c1c[nH]c2ccccc12)c1ncccc1Cl.O=C(CCC(=O)c1ncccc1Cl)c1ccc2occc2c1. The van der Waals surface area contributed by atoms with Crippen LogP contribution in [0.3, 0.4) is 0 Å². The number of ketones is 4. The number of aromatic nitrogens is 3. The third-order valence-corrected chi connectivity index (χ3v) is 7.48. The number of hydrogen-bond donors (Lipinski definition) is 1. The minimum Gasteiger partial charge on any atom is -0.464 e. The van der Waals surface area contributed by atoms with Crippen molar-refractivity contribution in [2.24, 2.45) is 0 Å². The minimum atomic E-state index is -0.233. The number of hydrogen-bond acceptors (Lipinski definition) is 7. The summed E-state index contributed by atoms with van der Waals surface area (Å²) in [4.78, 5) is 59.6. The van der Waals surface area contributed by atoms with Gasteiger partial charge in [0.25, 0.3) is 0 Å². The summed E-state index contributed by atoms with van der Waals surface area (Å²) in [6.07, 6.45) is 6.71. The highest BCUT2D eigenvalue weighted by atomic mass is 35.5. The zero-order valence-electron chi connectivity index (χ0n) is 23.3. The zero-order chi connectivity index (χ0) is 31.1. The van der Waals surface area contributed by atoms with Crippen LogP contribution in [0.4, 0.5) is 0 Å². The van der Waals surface area contributed by atoms with Crippen LogP contribution in [0.2, 0.25) is 10.0 Å². The van der Waals surface area contributed by atoms with Gasteiger partial charge in [0.15, 0.2) is 23.1 Å². The molecular formula is C34H25Cl2N3O5. The molecule has 10 heteroatoms. The number of carbonyl (C=O) groups excluding carboxylic acids is 4. The maximum Gasteiger partial charge on any atom is 0.183 e. The summed E-state index contributed by atoms with van der Waals surface area (Å²) < 4.78 is 5.23. The minimum absolute atomic E-state index is 0.0714. The Morgan fingerprint density at radius 1 is 0.682 bits per heavy atom. The number of Topliss-reactive ketones (excluding diaryl/α,β-unsaturated/α-hetero) is 4. The van der Waals surface area contributed by atoms with Crippen molar-refractivity contribution in [3.63, 3.8) is 0 Å². The van der Waals surface area contributed by atoms with Crippen molar-refractivity contribution in [2.45, 2.75) is 25.7 Å². The van der Waals surface area contributed by atoms with E-state index in [0.717, 1.165) is 21.9 Å². The first-order valence-corrected chi connectivity index (χ1v) is 14.4. The van der Waals surface area contributed by atoms with Crippen molar-refractivity contribution >= 4 is 68.2 Å². The Balaban J connectivity index is 0.000000175. The van der Waals surface area contributed by atoms with Crippen LogP contribution in [0.15, 0.2) is 102 Å². The van der Waals surface area contributed by atoms with Crippen LogP contribution < -0.4 is 0 Å². The van der Waals surface area contributed by atoms with Crippen LogP contribution in [0, 0.1) is 0 Å². The predicted octanol–water partition coefficient (Wildman–Crippen LogP) is 8.39. The molecular weight excluding hydrogens is 601 g/mol. The Labute approximate surface area is 262 Å². The molecule has 1 N–H and O–H groups in total. The lowest BCUT2D eigenvalue weighted by molar-refractivity contribution is 0.0915. The monoisotopic (exact) mass is 625 g/mol. The average Bonchev–Trinajstić information content (AvgIpc) is 3.70.